The van der Waals surface area contributed by atoms with Gasteiger partial charge in [-0.05, 0) is 31.9 Å². The lowest BCUT2D eigenvalue weighted by Gasteiger charge is -2.34. The van der Waals surface area contributed by atoms with Gasteiger partial charge in [0.2, 0.25) is 0 Å². The summed E-state index contributed by atoms with van der Waals surface area (Å²) in [6, 6.07) is 10.5. The zero-order valence-electron chi connectivity index (χ0n) is 12.6. The summed E-state index contributed by atoms with van der Waals surface area (Å²) < 4.78 is 7.46. The number of carbonyl (C=O) groups excluding carboxylic acids is 1. The molecule has 1 fully saturated rings. The lowest BCUT2D eigenvalue weighted by atomic mass is 9.95. The second-order valence-corrected chi connectivity index (χ2v) is 7.07. The van der Waals surface area contributed by atoms with Crippen LogP contribution in [-0.2, 0) is 9.53 Å². The topological polar surface area (TPSA) is 44.1 Å². The van der Waals surface area contributed by atoms with E-state index in [4.69, 9.17) is 4.74 Å². The maximum absolute atomic E-state index is 12.0. The van der Waals surface area contributed by atoms with E-state index in [1.807, 2.05) is 35.5 Å². The number of hydrogen-bond acceptors (Lipinski definition) is 4. The van der Waals surface area contributed by atoms with E-state index in [0.29, 0.717) is 11.7 Å². The molecule has 0 aliphatic heterocycles. The van der Waals surface area contributed by atoms with Crippen molar-refractivity contribution >= 4 is 17.7 Å². The predicted molar refractivity (Wildman–Crippen MR) is 86.8 cm³/mol. The number of benzene rings is 1. The smallest absolute Gasteiger partial charge is 0.308 e. The van der Waals surface area contributed by atoms with Gasteiger partial charge >= 0.3 is 5.97 Å². The summed E-state index contributed by atoms with van der Waals surface area (Å²) in [5.74, 6) is -0.116. The van der Waals surface area contributed by atoms with Crippen molar-refractivity contribution in [3.63, 3.8) is 0 Å². The number of nitrogens with zero attached hydrogens (tertiary/aromatic N) is 2. The van der Waals surface area contributed by atoms with E-state index in [2.05, 4.69) is 29.2 Å². The fraction of sp³-hybridized carbons (Fsp3) is 0.412. The van der Waals surface area contributed by atoms with E-state index in [9.17, 15) is 4.79 Å². The van der Waals surface area contributed by atoms with Gasteiger partial charge in [0.05, 0.1) is 12.7 Å². The Balaban J connectivity index is 1.38. The van der Waals surface area contributed by atoms with Gasteiger partial charge in [-0.15, -0.1) is 11.8 Å². The maximum Gasteiger partial charge on any atom is 0.308 e. The third kappa shape index (κ3) is 3.91. The quantitative estimate of drug-likeness (QED) is 0.762. The molecule has 0 bridgehead atoms. The highest BCUT2D eigenvalue weighted by atomic mass is 32.2. The van der Waals surface area contributed by atoms with Crippen molar-refractivity contribution in [1.29, 1.82) is 0 Å². The molecule has 3 rings (SSSR count). The number of ether oxygens (including phenoxy) is 1. The van der Waals surface area contributed by atoms with E-state index in [-0.39, 0.29) is 18.1 Å². The van der Waals surface area contributed by atoms with Crippen molar-refractivity contribution in [3.05, 3.63) is 49.1 Å². The molecule has 1 unspecified atom stereocenters. The van der Waals surface area contributed by atoms with Crippen LogP contribution in [-0.4, -0.2) is 26.9 Å². The second kappa shape index (κ2) is 7.01. The van der Waals surface area contributed by atoms with Crippen molar-refractivity contribution in [2.24, 2.45) is 0 Å². The molecule has 116 valence electrons. The van der Waals surface area contributed by atoms with Gasteiger partial charge in [-0.2, -0.15) is 0 Å². The molecule has 22 heavy (non-hydrogen) atoms. The molecule has 0 amide bonds. The largest absolute Gasteiger partial charge is 0.462 e. The van der Waals surface area contributed by atoms with Gasteiger partial charge in [0.15, 0.2) is 0 Å². The Bertz CT molecular complexity index is 594. The number of rotatable bonds is 6. The Hall–Kier alpha value is -1.75. The Morgan fingerprint density at radius 1 is 1.41 bits per heavy atom. The van der Waals surface area contributed by atoms with Gasteiger partial charge in [-0.25, -0.2) is 4.98 Å². The van der Waals surface area contributed by atoms with Crippen LogP contribution in [0, 0.1) is 0 Å². The molecule has 4 nitrogen and oxygen atoms in total. The average Bonchev–Trinajstić information content (AvgIpc) is 3.00. The zero-order chi connectivity index (χ0) is 15.4. The summed E-state index contributed by atoms with van der Waals surface area (Å²) in [5, 5.41) is 0.561. The van der Waals surface area contributed by atoms with E-state index in [1.54, 1.807) is 12.5 Å². The first-order chi connectivity index (χ1) is 10.7. The maximum atomic E-state index is 12.0. The van der Waals surface area contributed by atoms with Crippen molar-refractivity contribution in [2.45, 2.75) is 48.5 Å². The van der Waals surface area contributed by atoms with E-state index < -0.39 is 0 Å². The van der Waals surface area contributed by atoms with Crippen molar-refractivity contribution < 1.29 is 9.53 Å². The Kier molecular flexibility index (Phi) is 4.83. The fourth-order valence-electron chi connectivity index (χ4n) is 2.51. The first-order valence-electron chi connectivity index (χ1n) is 7.59. The fourth-order valence-corrected chi connectivity index (χ4v) is 3.83. The number of aromatic nitrogens is 2. The van der Waals surface area contributed by atoms with Crippen molar-refractivity contribution in [1.82, 2.24) is 9.55 Å². The molecule has 1 saturated carbocycles. The minimum Gasteiger partial charge on any atom is -0.462 e. The van der Waals surface area contributed by atoms with Crippen LogP contribution in [0.1, 0.15) is 32.2 Å². The van der Waals surface area contributed by atoms with Gasteiger partial charge in [-0.3, -0.25) is 4.79 Å². The molecule has 0 spiro atoms. The lowest BCUT2D eigenvalue weighted by molar-refractivity contribution is -0.153. The van der Waals surface area contributed by atoms with Crippen LogP contribution in [0.2, 0.25) is 0 Å². The minimum atomic E-state index is -0.116. The summed E-state index contributed by atoms with van der Waals surface area (Å²) in [6.45, 7) is 2.00. The molecule has 0 radical (unpaired) electrons. The van der Waals surface area contributed by atoms with Crippen LogP contribution in [0.25, 0.3) is 0 Å². The Morgan fingerprint density at radius 2 is 2.18 bits per heavy atom. The molecule has 1 aromatic carbocycles. The summed E-state index contributed by atoms with van der Waals surface area (Å²) in [5.41, 5.74) is 0. The Morgan fingerprint density at radius 3 is 2.86 bits per heavy atom. The molecular formula is C17H20N2O2S. The summed E-state index contributed by atoms with van der Waals surface area (Å²) in [4.78, 5) is 17.2. The van der Waals surface area contributed by atoms with Gasteiger partial charge in [0, 0.05) is 28.6 Å². The average molecular weight is 316 g/mol. The van der Waals surface area contributed by atoms with Gasteiger partial charge < -0.3 is 9.30 Å². The molecule has 1 heterocycles. The molecule has 2 aromatic rings. The van der Waals surface area contributed by atoms with Crippen LogP contribution >= 0.6 is 11.8 Å². The van der Waals surface area contributed by atoms with Crippen molar-refractivity contribution in [2.75, 3.05) is 0 Å². The van der Waals surface area contributed by atoms with Gasteiger partial charge in [0.1, 0.15) is 6.10 Å². The number of thioether (sulfide) groups is 1. The third-order valence-electron chi connectivity index (χ3n) is 3.89. The van der Waals surface area contributed by atoms with Crippen LogP contribution < -0.4 is 0 Å². The first-order valence-corrected chi connectivity index (χ1v) is 8.47. The summed E-state index contributed by atoms with van der Waals surface area (Å²) >= 11 is 1.87. The van der Waals surface area contributed by atoms with Gasteiger partial charge in [-0.1, -0.05) is 18.2 Å². The number of imidazole rings is 1. The van der Waals surface area contributed by atoms with Crippen LogP contribution in [0.5, 0.6) is 0 Å². The highest BCUT2D eigenvalue weighted by Gasteiger charge is 2.33. The predicted octanol–water partition coefficient (Wildman–Crippen LogP) is 3.70. The standard InChI is InChI=1S/C17H20N2O2S/c1-13(19-8-7-18-12-19)9-17(20)21-14-10-16(11-14)22-15-5-3-2-4-6-15/h2-8,12-14,16H,9-11H2,1H3. The highest BCUT2D eigenvalue weighted by Crippen LogP contribution is 2.38. The molecule has 1 aliphatic carbocycles. The first kappa shape index (κ1) is 15.2. The molecule has 0 saturated heterocycles. The molecule has 1 aromatic heterocycles. The third-order valence-corrected chi connectivity index (χ3v) is 5.15. The van der Waals surface area contributed by atoms with E-state index in [1.165, 1.54) is 4.90 Å². The number of hydrogen-bond donors (Lipinski definition) is 0. The molecule has 1 aliphatic rings. The van der Waals surface area contributed by atoms with Gasteiger partial charge in [0.25, 0.3) is 0 Å². The van der Waals surface area contributed by atoms with Crippen LogP contribution in [0.4, 0.5) is 0 Å². The zero-order valence-corrected chi connectivity index (χ0v) is 13.4. The van der Waals surface area contributed by atoms with E-state index >= 15 is 0 Å². The van der Waals surface area contributed by atoms with E-state index in [0.717, 1.165) is 12.8 Å². The van der Waals surface area contributed by atoms with Crippen molar-refractivity contribution in [3.8, 4) is 0 Å². The summed E-state index contributed by atoms with van der Waals surface area (Å²) in [6.07, 6.45) is 7.70. The lowest BCUT2D eigenvalue weighted by Crippen LogP contribution is -2.35. The SMILES string of the molecule is CC(CC(=O)OC1CC(Sc2ccccc2)C1)n1ccnc1. The van der Waals surface area contributed by atoms with Crippen LogP contribution in [0.15, 0.2) is 53.9 Å². The monoisotopic (exact) mass is 316 g/mol. The second-order valence-electron chi connectivity index (χ2n) is 5.70. The minimum absolute atomic E-state index is 0.0868. The molecule has 5 heteroatoms. The Labute approximate surface area is 134 Å². The molecule has 1 atom stereocenters. The van der Waals surface area contributed by atoms with Crippen LogP contribution in [0.3, 0.4) is 0 Å². The normalized spacial score (nSPS) is 21.9. The molecular weight excluding hydrogens is 296 g/mol. The summed E-state index contributed by atoms with van der Waals surface area (Å²) in [7, 11) is 0. The highest BCUT2D eigenvalue weighted by molar-refractivity contribution is 8.00. The number of carbonyl (C=O) groups is 1. The molecule has 0 N–H and O–H groups in total. The number of esters is 1.